The molecule has 0 aliphatic heterocycles. The topological polar surface area (TPSA) is 56.4 Å². The molecule has 0 rings (SSSR count). The highest BCUT2D eigenvalue weighted by Gasteiger charge is 2.01. The zero-order valence-electron chi connectivity index (χ0n) is 7.13. The summed E-state index contributed by atoms with van der Waals surface area (Å²) < 4.78 is 0. The molecule has 2 N–H and O–H groups in total. The van der Waals surface area contributed by atoms with Crippen molar-refractivity contribution < 1.29 is 5.11 Å². The molecular formula is C8H14N2O. The van der Waals surface area contributed by atoms with E-state index >= 15 is 0 Å². The van der Waals surface area contributed by atoms with Crippen molar-refractivity contribution in [1.29, 1.82) is 5.41 Å². The molecule has 0 amide bonds. The van der Waals surface area contributed by atoms with Crippen molar-refractivity contribution in [2.45, 2.75) is 26.9 Å². The molecular weight excluding hydrogens is 140 g/mol. The number of rotatable bonds is 3. The van der Waals surface area contributed by atoms with E-state index < -0.39 is 6.10 Å². The van der Waals surface area contributed by atoms with Crippen molar-refractivity contribution >= 4 is 11.9 Å². The van der Waals surface area contributed by atoms with Gasteiger partial charge in [0.15, 0.2) is 0 Å². The van der Waals surface area contributed by atoms with Crippen LogP contribution in [-0.2, 0) is 0 Å². The van der Waals surface area contributed by atoms with Crippen LogP contribution in [0, 0.1) is 5.41 Å². The lowest BCUT2D eigenvalue weighted by Gasteiger charge is -2.02. The first-order valence-electron chi connectivity index (χ1n) is 3.51. The molecule has 0 radical (unpaired) electrons. The maximum Gasteiger partial charge on any atom is 0.0947 e. The zero-order chi connectivity index (χ0) is 8.85. The molecule has 0 aromatic rings. The van der Waals surface area contributed by atoms with Gasteiger partial charge in [-0.25, -0.2) is 0 Å². The molecule has 0 aliphatic rings. The van der Waals surface area contributed by atoms with E-state index in [4.69, 9.17) is 10.5 Å². The van der Waals surface area contributed by atoms with Gasteiger partial charge in [-0.15, -0.1) is 0 Å². The Labute approximate surface area is 67.0 Å². The number of nitrogens with one attached hydrogen (secondary N) is 1. The summed E-state index contributed by atoms with van der Waals surface area (Å²) in [7, 11) is 0. The number of aliphatic hydroxyl groups is 1. The Morgan fingerprint density at radius 2 is 2.18 bits per heavy atom. The van der Waals surface area contributed by atoms with Crippen LogP contribution >= 0.6 is 0 Å². The molecule has 11 heavy (non-hydrogen) atoms. The maximum atomic E-state index is 9.05. The van der Waals surface area contributed by atoms with Gasteiger partial charge in [-0.3, -0.25) is 4.99 Å². The highest BCUT2D eigenvalue weighted by molar-refractivity contribution is 6.31. The molecule has 0 bridgehead atoms. The highest BCUT2D eigenvalue weighted by Crippen LogP contribution is 1.96. The maximum absolute atomic E-state index is 9.05. The van der Waals surface area contributed by atoms with E-state index in [0.29, 0.717) is 5.71 Å². The fourth-order valence-electron chi connectivity index (χ4n) is 0.514. The predicted molar refractivity (Wildman–Crippen MR) is 47.3 cm³/mol. The Kier molecular flexibility index (Phi) is 4.38. The van der Waals surface area contributed by atoms with Crippen molar-refractivity contribution in [3.8, 4) is 0 Å². The second kappa shape index (κ2) is 4.79. The Balaban J connectivity index is 4.48. The molecule has 0 heterocycles. The number of aliphatic imine (C=N–C) groups is 1. The minimum atomic E-state index is -0.664. The number of hydrogen-bond donors (Lipinski definition) is 2. The van der Waals surface area contributed by atoms with Gasteiger partial charge in [0.25, 0.3) is 0 Å². The Hall–Kier alpha value is -0.960. The van der Waals surface area contributed by atoms with Crippen LogP contribution in [0.4, 0.5) is 0 Å². The molecule has 1 unspecified atom stereocenters. The lowest BCUT2D eigenvalue weighted by molar-refractivity contribution is 0.264. The fraction of sp³-hybridized carbons (Fsp3) is 0.500. The Bertz CT molecular complexity index is 192. The van der Waals surface area contributed by atoms with E-state index in [2.05, 4.69) is 4.99 Å². The quantitative estimate of drug-likeness (QED) is 0.593. The minimum absolute atomic E-state index is 0.389. The summed E-state index contributed by atoms with van der Waals surface area (Å²) in [6, 6.07) is 0. The zero-order valence-corrected chi connectivity index (χ0v) is 7.13. The Morgan fingerprint density at radius 3 is 2.45 bits per heavy atom. The summed E-state index contributed by atoms with van der Waals surface area (Å²) in [5.74, 6) is 0. The second-order valence-electron chi connectivity index (χ2n) is 2.29. The highest BCUT2D eigenvalue weighted by atomic mass is 16.3. The van der Waals surface area contributed by atoms with Crippen LogP contribution in [0.5, 0.6) is 0 Å². The molecule has 0 spiro atoms. The summed E-state index contributed by atoms with van der Waals surface area (Å²) >= 11 is 0. The minimum Gasteiger partial charge on any atom is -0.387 e. The SMILES string of the molecule is C/C=C(/C)N=C(C=N)C(C)O. The van der Waals surface area contributed by atoms with Crippen molar-refractivity contribution in [1.82, 2.24) is 0 Å². The van der Waals surface area contributed by atoms with E-state index in [-0.39, 0.29) is 0 Å². The van der Waals surface area contributed by atoms with Crippen molar-refractivity contribution in [2.24, 2.45) is 4.99 Å². The molecule has 0 aromatic heterocycles. The van der Waals surface area contributed by atoms with Crippen LogP contribution in [0.3, 0.4) is 0 Å². The van der Waals surface area contributed by atoms with Crippen LogP contribution in [0.25, 0.3) is 0 Å². The number of allylic oxidation sites excluding steroid dienone is 2. The van der Waals surface area contributed by atoms with E-state index in [1.54, 1.807) is 6.92 Å². The Morgan fingerprint density at radius 1 is 1.64 bits per heavy atom. The van der Waals surface area contributed by atoms with E-state index in [0.717, 1.165) is 11.9 Å². The van der Waals surface area contributed by atoms with Crippen LogP contribution < -0.4 is 0 Å². The standard InChI is InChI=1S/C8H14N2O/c1-4-6(2)10-8(5-9)7(3)11/h4-5,7,9,11H,1-3H3/b6-4-,9-5?,10-8?. The average Bonchev–Trinajstić information content (AvgIpc) is 1.99. The summed E-state index contributed by atoms with van der Waals surface area (Å²) in [6.07, 6.45) is 2.23. The first-order valence-corrected chi connectivity index (χ1v) is 3.51. The van der Waals surface area contributed by atoms with E-state index in [9.17, 15) is 0 Å². The van der Waals surface area contributed by atoms with Gasteiger partial charge < -0.3 is 10.5 Å². The van der Waals surface area contributed by atoms with Gasteiger partial charge in [0, 0.05) is 11.9 Å². The van der Waals surface area contributed by atoms with E-state index in [1.165, 1.54) is 0 Å². The van der Waals surface area contributed by atoms with Gasteiger partial charge in [-0.1, -0.05) is 6.08 Å². The number of nitrogens with zero attached hydrogens (tertiary/aromatic N) is 1. The van der Waals surface area contributed by atoms with Gasteiger partial charge in [0.2, 0.25) is 0 Å². The predicted octanol–water partition coefficient (Wildman–Crippen LogP) is 1.38. The molecule has 0 aliphatic carbocycles. The third-order valence-electron chi connectivity index (χ3n) is 1.30. The monoisotopic (exact) mass is 154 g/mol. The first-order chi connectivity index (χ1) is 5.11. The first kappa shape index (κ1) is 10.0. The van der Waals surface area contributed by atoms with Crippen LogP contribution in [0.15, 0.2) is 16.8 Å². The van der Waals surface area contributed by atoms with Crippen LogP contribution in [0.1, 0.15) is 20.8 Å². The average molecular weight is 154 g/mol. The van der Waals surface area contributed by atoms with Gasteiger partial charge in [-0.05, 0) is 20.8 Å². The molecule has 0 fully saturated rings. The van der Waals surface area contributed by atoms with Crippen molar-refractivity contribution in [3.63, 3.8) is 0 Å². The third-order valence-corrected chi connectivity index (χ3v) is 1.30. The van der Waals surface area contributed by atoms with Crippen LogP contribution in [-0.4, -0.2) is 23.1 Å². The molecule has 0 saturated carbocycles. The van der Waals surface area contributed by atoms with Crippen LogP contribution in [0.2, 0.25) is 0 Å². The summed E-state index contributed by atoms with van der Waals surface area (Å²) in [4.78, 5) is 4.00. The third kappa shape index (κ3) is 3.68. The van der Waals surface area contributed by atoms with Gasteiger partial charge in [-0.2, -0.15) is 0 Å². The second-order valence-corrected chi connectivity index (χ2v) is 2.29. The molecule has 1 atom stereocenters. The molecule has 62 valence electrons. The number of hydrogen-bond acceptors (Lipinski definition) is 3. The van der Waals surface area contributed by atoms with E-state index in [1.807, 2.05) is 19.9 Å². The fourth-order valence-corrected chi connectivity index (χ4v) is 0.514. The van der Waals surface area contributed by atoms with Crippen molar-refractivity contribution in [2.75, 3.05) is 0 Å². The lowest BCUT2D eigenvalue weighted by Crippen LogP contribution is -2.17. The summed E-state index contributed by atoms with van der Waals surface area (Å²) in [6.45, 7) is 5.28. The van der Waals surface area contributed by atoms with Crippen molar-refractivity contribution in [3.05, 3.63) is 11.8 Å². The molecule has 3 nitrogen and oxygen atoms in total. The molecule has 0 saturated heterocycles. The summed E-state index contributed by atoms with van der Waals surface area (Å²) in [5, 5.41) is 16.0. The normalized spacial score (nSPS) is 16.4. The van der Waals surface area contributed by atoms with Gasteiger partial charge >= 0.3 is 0 Å². The molecule has 3 heteroatoms. The largest absolute Gasteiger partial charge is 0.387 e. The van der Waals surface area contributed by atoms with Gasteiger partial charge in [0.05, 0.1) is 11.8 Å². The van der Waals surface area contributed by atoms with Gasteiger partial charge in [0.1, 0.15) is 0 Å². The lowest BCUT2D eigenvalue weighted by atomic mass is 10.2. The molecule has 0 aromatic carbocycles. The summed E-state index contributed by atoms with van der Waals surface area (Å²) in [5.41, 5.74) is 1.20. The number of aliphatic hydroxyl groups excluding tert-OH is 1. The smallest absolute Gasteiger partial charge is 0.0947 e.